The number of hydrogen-bond donors (Lipinski definition) is 0. The Balaban J connectivity index is 1.49. The number of nitrogens with zero attached hydrogens (tertiary/aromatic N) is 3. The molecule has 4 nitrogen and oxygen atoms in total. The molecule has 0 unspecified atom stereocenters. The third-order valence-electron chi connectivity index (χ3n) is 4.55. The molecule has 0 spiro atoms. The first-order valence-electron chi connectivity index (χ1n) is 7.79. The van der Waals surface area contributed by atoms with Crippen molar-refractivity contribution >= 4 is 22.2 Å². The average Bonchev–Trinajstić information content (AvgIpc) is 3.20. The molecule has 1 aromatic carbocycles. The zero-order valence-electron chi connectivity index (χ0n) is 12.8. The summed E-state index contributed by atoms with van der Waals surface area (Å²) in [4.78, 5) is 19.3. The van der Waals surface area contributed by atoms with E-state index >= 15 is 0 Å². The second-order valence-electron chi connectivity index (χ2n) is 5.91. The third kappa shape index (κ3) is 2.49. The van der Waals surface area contributed by atoms with E-state index in [1.165, 1.54) is 17.8 Å². The number of piperidine rings is 1. The SMILES string of the molecule is O=C(c1cccc(F)c1F)N1CCC(c2csc3nccn23)CC1. The van der Waals surface area contributed by atoms with Crippen LogP contribution in [0, 0.1) is 11.6 Å². The van der Waals surface area contributed by atoms with Crippen molar-refractivity contribution in [3.8, 4) is 0 Å². The lowest BCUT2D eigenvalue weighted by Gasteiger charge is -2.32. The number of halogens is 2. The Hall–Kier alpha value is -2.28. The van der Waals surface area contributed by atoms with Crippen LogP contribution in [0.1, 0.15) is 34.8 Å². The van der Waals surface area contributed by atoms with Gasteiger partial charge in [0, 0.05) is 42.5 Å². The molecule has 24 heavy (non-hydrogen) atoms. The van der Waals surface area contributed by atoms with Crippen LogP contribution in [0.25, 0.3) is 4.96 Å². The molecule has 0 N–H and O–H groups in total. The van der Waals surface area contributed by atoms with Gasteiger partial charge in [-0.2, -0.15) is 0 Å². The van der Waals surface area contributed by atoms with Crippen molar-refractivity contribution in [1.29, 1.82) is 0 Å². The summed E-state index contributed by atoms with van der Waals surface area (Å²) in [5, 5.41) is 2.11. The maximum atomic E-state index is 13.8. The van der Waals surface area contributed by atoms with E-state index in [-0.39, 0.29) is 5.56 Å². The number of fused-ring (bicyclic) bond motifs is 1. The lowest BCUT2D eigenvalue weighted by molar-refractivity contribution is 0.0706. The van der Waals surface area contributed by atoms with Gasteiger partial charge >= 0.3 is 0 Å². The van der Waals surface area contributed by atoms with Crippen molar-refractivity contribution < 1.29 is 13.6 Å². The number of thiazole rings is 1. The molecule has 0 saturated carbocycles. The highest BCUT2D eigenvalue weighted by molar-refractivity contribution is 7.15. The van der Waals surface area contributed by atoms with Crippen LogP contribution in [-0.2, 0) is 0 Å². The number of carbonyl (C=O) groups excluding carboxylic acids is 1. The molecule has 124 valence electrons. The van der Waals surface area contributed by atoms with Gasteiger partial charge in [0.25, 0.3) is 5.91 Å². The first kappa shape index (κ1) is 15.3. The van der Waals surface area contributed by atoms with Gasteiger partial charge in [-0.25, -0.2) is 13.8 Å². The van der Waals surface area contributed by atoms with Gasteiger partial charge in [-0.05, 0) is 25.0 Å². The fourth-order valence-corrected chi connectivity index (χ4v) is 4.19. The summed E-state index contributed by atoms with van der Waals surface area (Å²) in [6.07, 6.45) is 5.32. The number of hydrogen-bond acceptors (Lipinski definition) is 3. The average molecular weight is 347 g/mol. The van der Waals surface area contributed by atoms with E-state index in [9.17, 15) is 13.6 Å². The smallest absolute Gasteiger partial charge is 0.256 e. The molecule has 7 heteroatoms. The fourth-order valence-electron chi connectivity index (χ4n) is 3.25. The molecule has 0 radical (unpaired) electrons. The number of rotatable bonds is 2. The minimum atomic E-state index is -1.07. The number of amides is 1. The number of benzene rings is 1. The van der Waals surface area contributed by atoms with Gasteiger partial charge in [0.05, 0.1) is 5.56 Å². The number of likely N-dealkylation sites (tertiary alicyclic amines) is 1. The predicted molar refractivity (Wildman–Crippen MR) is 87.3 cm³/mol. The molecule has 0 bridgehead atoms. The largest absolute Gasteiger partial charge is 0.339 e. The van der Waals surface area contributed by atoms with Gasteiger partial charge in [0.15, 0.2) is 16.6 Å². The molecule has 3 heterocycles. The Morgan fingerprint density at radius 3 is 2.83 bits per heavy atom. The zero-order valence-corrected chi connectivity index (χ0v) is 13.6. The molecular weight excluding hydrogens is 332 g/mol. The topological polar surface area (TPSA) is 37.6 Å². The quantitative estimate of drug-likeness (QED) is 0.709. The highest BCUT2D eigenvalue weighted by Gasteiger charge is 2.28. The number of aromatic nitrogens is 2. The van der Waals surface area contributed by atoms with Gasteiger partial charge < -0.3 is 4.90 Å². The van der Waals surface area contributed by atoms with Crippen molar-refractivity contribution in [3.05, 3.63) is 58.9 Å². The number of carbonyl (C=O) groups is 1. The van der Waals surface area contributed by atoms with Gasteiger partial charge in [-0.15, -0.1) is 11.3 Å². The molecule has 1 amide bonds. The maximum Gasteiger partial charge on any atom is 0.256 e. The molecule has 1 aliphatic heterocycles. The van der Waals surface area contributed by atoms with Crippen molar-refractivity contribution in [2.75, 3.05) is 13.1 Å². The van der Waals surface area contributed by atoms with E-state index in [0.717, 1.165) is 23.9 Å². The highest BCUT2D eigenvalue weighted by Crippen LogP contribution is 2.31. The molecule has 1 fully saturated rings. The Morgan fingerprint density at radius 2 is 2.04 bits per heavy atom. The minimum absolute atomic E-state index is 0.194. The van der Waals surface area contributed by atoms with Crippen molar-refractivity contribution in [3.63, 3.8) is 0 Å². The minimum Gasteiger partial charge on any atom is -0.339 e. The van der Waals surface area contributed by atoms with Crippen LogP contribution in [0.2, 0.25) is 0 Å². The zero-order chi connectivity index (χ0) is 16.7. The van der Waals surface area contributed by atoms with E-state index in [4.69, 9.17) is 0 Å². The maximum absolute atomic E-state index is 13.8. The van der Waals surface area contributed by atoms with Gasteiger partial charge in [-0.3, -0.25) is 9.20 Å². The molecule has 3 aromatic rings. The Labute approximate surface area is 141 Å². The second kappa shape index (κ2) is 5.98. The monoisotopic (exact) mass is 347 g/mol. The summed E-state index contributed by atoms with van der Waals surface area (Å²) in [5.41, 5.74) is 1.01. The summed E-state index contributed by atoms with van der Waals surface area (Å²) in [6.45, 7) is 1.07. The van der Waals surface area contributed by atoms with Crippen LogP contribution in [0.15, 0.2) is 36.0 Å². The predicted octanol–water partition coefficient (Wildman–Crippen LogP) is 3.69. The molecule has 2 aromatic heterocycles. The lowest BCUT2D eigenvalue weighted by Crippen LogP contribution is -2.38. The van der Waals surface area contributed by atoms with Crippen LogP contribution in [-0.4, -0.2) is 33.3 Å². The molecule has 1 aliphatic rings. The highest BCUT2D eigenvalue weighted by atomic mass is 32.1. The summed E-state index contributed by atoms with van der Waals surface area (Å²) in [6, 6.07) is 3.71. The summed E-state index contributed by atoms with van der Waals surface area (Å²) >= 11 is 1.60. The van der Waals surface area contributed by atoms with Crippen LogP contribution in [0.5, 0.6) is 0 Å². The van der Waals surface area contributed by atoms with E-state index in [0.29, 0.717) is 19.0 Å². The summed E-state index contributed by atoms with van der Waals surface area (Å²) < 4.78 is 29.2. The fraction of sp³-hybridized carbons (Fsp3) is 0.294. The van der Waals surface area contributed by atoms with Crippen LogP contribution >= 0.6 is 11.3 Å². The Kier molecular flexibility index (Phi) is 3.80. The van der Waals surface area contributed by atoms with E-state index in [2.05, 4.69) is 14.8 Å². The Bertz CT molecular complexity index is 896. The normalized spacial score (nSPS) is 16.0. The van der Waals surface area contributed by atoms with Crippen molar-refractivity contribution in [2.24, 2.45) is 0 Å². The van der Waals surface area contributed by atoms with Crippen molar-refractivity contribution in [1.82, 2.24) is 14.3 Å². The van der Waals surface area contributed by atoms with Crippen molar-refractivity contribution in [2.45, 2.75) is 18.8 Å². The van der Waals surface area contributed by atoms with Crippen LogP contribution < -0.4 is 0 Å². The van der Waals surface area contributed by atoms with Gasteiger partial charge in [-0.1, -0.05) is 6.07 Å². The second-order valence-corrected chi connectivity index (χ2v) is 6.74. The Morgan fingerprint density at radius 1 is 1.25 bits per heavy atom. The first-order valence-corrected chi connectivity index (χ1v) is 8.67. The van der Waals surface area contributed by atoms with E-state index in [1.807, 2.05) is 6.20 Å². The third-order valence-corrected chi connectivity index (χ3v) is 5.42. The van der Waals surface area contributed by atoms with Gasteiger partial charge in [0.1, 0.15) is 0 Å². The summed E-state index contributed by atoms with van der Waals surface area (Å²) in [5.74, 6) is -2.16. The number of imidazole rings is 1. The van der Waals surface area contributed by atoms with Crippen LogP contribution in [0.4, 0.5) is 8.78 Å². The van der Waals surface area contributed by atoms with Crippen LogP contribution in [0.3, 0.4) is 0 Å². The van der Waals surface area contributed by atoms with Gasteiger partial charge in [0.2, 0.25) is 0 Å². The lowest BCUT2D eigenvalue weighted by atomic mass is 9.93. The first-order chi connectivity index (χ1) is 11.6. The molecular formula is C17H15F2N3OS. The molecule has 0 aliphatic carbocycles. The van der Waals surface area contributed by atoms with E-state index in [1.54, 1.807) is 22.4 Å². The molecule has 0 atom stereocenters. The van der Waals surface area contributed by atoms with E-state index < -0.39 is 17.5 Å². The summed E-state index contributed by atoms with van der Waals surface area (Å²) in [7, 11) is 0. The molecule has 4 rings (SSSR count). The standard InChI is InChI=1S/C17H15F2N3OS/c18-13-3-1-2-12(15(13)19)16(23)21-7-4-11(5-8-21)14-10-24-17-20-6-9-22(14)17/h1-3,6,9-11H,4-5,7-8H2. The molecule has 1 saturated heterocycles.